The van der Waals surface area contributed by atoms with Gasteiger partial charge in [0.05, 0.1) is 6.61 Å². The first kappa shape index (κ1) is 11.9. The number of aliphatic hydroxyl groups excluding tert-OH is 1. The van der Waals surface area contributed by atoms with Crippen molar-refractivity contribution in [3.05, 3.63) is 11.6 Å². The lowest BCUT2D eigenvalue weighted by molar-refractivity contribution is -0.134. The van der Waals surface area contributed by atoms with E-state index in [4.69, 9.17) is 15.0 Å². The molecule has 0 rings (SSSR count). The molecule has 0 aromatic heterocycles. The Hall–Kier alpha value is -0.830. The van der Waals surface area contributed by atoms with Crippen molar-refractivity contribution in [3.63, 3.8) is 0 Å². The van der Waals surface area contributed by atoms with Gasteiger partial charge in [0.1, 0.15) is 0 Å². The maximum absolute atomic E-state index is 9.00. The van der Waals surface area contributed by atoms with Gasteiger partial charge in [-0.1, -0.05) is 11.6 Å². The molecule has 0 aliphatic heterocycles. The Morgan fingerprint density at radius 2 is 1.80 bits per heavy atom. The van der Waals surface area contributed by atoms with E-state index in [-0.39, 0.29) is 6.61 Å². The normalized spacial score (nSPS) is 9.80. The van der Waals surface area contributed by atoms with Gasteiger partial charge in [0, 0.05) is 6.92 Å². The van der Waals surface area contributed by atoms with Crippen LogP contribution in [-0.2, 0) is 4.79 Å². The SMILES string of the molecule is CC(=O)O.CC=C(C)CO. The molecule has 60 valence electrons. The highest BCUT2D eigenvalue weighted by Gasteiger charge is 1.74. The van der Waals surface area contributed by atoms with Crippen molar-refractivity contribution in [2.75, 3.05) is 6.61 Å². The fourth-order valence-electron chi connectivity index (χ4n) is 0.0913. The summed E-state index contributed by atoms with van der Waals surface area (Å²) >= 11 is 0. The molecule has 0 aromatic rings. The van der Waals surface area contributed by atoms with Crippen molar-refractivity contribution in [1.29, 1.82) is 0 Å². The first-order chi connectivity index (χ1) is 4.54. The smallest absolute Gasteiger partial charge is 0.300 e. The highest BCUT2D eigenvalue weighted by Crippen LogP contribution is 1.84. The van der Waals surface area contributed by atoms with Crippen molar-refractivity contribution < 1.29 is 15.0 Å². The Morgan fingerprint density at radius 3 is 1.80 bits per heavy atom. The molecule has 0 unspecified atom stereocenters. The topological polar surface area (TPSA) is 57.5 Å². The largest absolute Gasteiger partial charge is 0.481 e. The van der Waals surface area contributed by atoms with Crippen molar-refractivity contribution in [2.45, 2.75) is 20.8 Å². The van der Waals surface area contributed by atoms with Crippen molar-refractivity contribution >= 4 is 5.97 Å². The van der Waals surface area contributed by atoms with Crippen LogP contribution in [-0.4, -0.2) is 22.8 Å². The lowest BCUT2D eigenvalue weighted by Crippen LogP contribution is -1.79. The van der Waals surface area contributed by atoms with E-state index in [1.54, 1.807) is 0 Å². The Balaban J connectivity index is 0. The molecule has 3 nitrogen and oxygen atoms in total. The summed E-state index contributed by atoms with van der Waals surface area (Å²) in [5.41, 5.74) is 1.02. The van der Waals surface area contributed by atoms with Crippen LogP contribution in [0.2, 0.25) is 0 Å². The predicted octanol–water partition coefficient (Wildman–Crippen LogP) is 1.04. The molecule has 0 aromatic carbocycles. The summed E-state index contributed by atoms with van der Waals surface area (Å²) in [6.45, 7) is 5.07. The fraction of sp³-hybridized carbons (Fsp3) is 0.571. The van der Waals surface area contributed by atoms with E-state index in [9.17, 15) is 0 Å². The molecule has 0 spiro atoms. The zero-order valence-electron chi connectivity index (χ0n) is 6.59. The van der Waals surface area contributed by atoms with Gasteiger partial charge in [-0.25, -0.2) is 0 Å². The summed E-state index contributed by atoms with van der Waals surface area (Å²) < 4.78 is 0. The van der Waals surface area contributed by atoms with Gasteiger partial charge in [0.15, 0.2) is 0 Å². The van der Waals surface area contributed by atoms with Gasteiger partial charge in [-0.05, 0) is 13.8 Å². The molecule has 0 radical (unpaired) electrons. The Morgan fingerprint density at radius 1 is 1.50 bits per heavy atom. The third-order valence-electron chi connectivity index (χ3n) is 0.742. The summed E-state index contributed by atoms with van der Waals surface area (Å²) in [5, 5.41) is 15.7. The van der Waals surface area contributed by atoms with E-state index in [0.717, 1.165) is 12.5 Å². The van der Waals surface area contributed by atoms with E-state index >= 15 is 0 Å². The zero-order valence-corrected chi connectivity index (χ0v) is 6.59. The van der Waals surface area contributed by atoms with Gasteiger partial charge < -0.3 is 10.2 Å². The minimum atomic E-state index is -0.833. The van der Waals surface area contributed by atoms with Gasteiger partial charge in [-0.2, -0.15) is 0 Å². The number of aliphatic hydroxyl groups is 1. The second-order valence-electron chi connectivity index (χ2n) is 1.81. The van der Waals surface area contributed by atoms with Crippen LogP contribution in [0, 0.1) is 0 Å². The van der Waals surface area contributed by atoms with Gasteiger partial charge in [-0.15, -0.1) is 0 Å². The monoisotopic (exact) mass is 146 g/mol. The van der Waals surface area contributed by atoms with Crippen LogP contribution >= 0.6 is 0 Å². The van der Waals surface area contributed by atoms with E-state index in [1.165, 1.54) is 0 Å². The number of carboxylic acid groups (broad SMARTS) is 1. The summed E-state index contributed by atoms with van der Waals surface area (Å²) in [5.74, 6) is -0.833. The fourth-order valence-corrected chi connectivity index (χ4v) is 0.0913. The first-order valence-corrected chi connectivity index (χ1v) is 2.96. The van der Waals surface area contributed by atoms with Crippen LogP contribution in [0.5, 0.6) is 0 Å². The second kappa shape index (κ2) is 8.17. The quantitative estimate of drug-likeness (QED) is 0.543. The minimum absolute atomic E-state index is 0.191. The summed E-state index contributed by atoms with van der Waals surface area (Å²) in [6.07, 6.45) is 1.89. The highest BCUT2D eigenvalue weighted by atomic mass is 16.4. The maximum atomic E-state index is 9.00. The zero-order chi connectivity index (χ0) is 8.57. The minimum Gasteiger partial charge on any atom is -0.481 e. The summed E-state index contributed by atoms with van der Waals surface area (Å²) in [6, 6.07) is 0. The van der Waals surface area contributed by atoms with E-state index in [2.05, 4.69) is 0 Å². The maximum Gasteiger partial charge on any atom is 0.300 e. The number of hydrogen-bond acceptors (Lipinski definition) is 2. The Kier molecular flexibility index (Phi) is 9.73. The van der Waals surface area contributed by atoms with Gasteiger partial charge in [0.2, 0.25) is 0 Å². The van der Waals surface area contributed by atoms with Gasteiger partial charge in [0.25, 0.3) is 5.97 Å². The summed E-state index contributed by atoms with van der Waals surface area (Å²) in [7, 11) is 0. The van der Waals surface area contributed by atoms with E-state index < -0.39 is 5.97 Å². The molecule has 0 bridgehead atoms. The van der Waals surface area contributed by atoms with Crippen LogP contribution in [0.25, 0.3) is 0 Å². The Bertz CT molecular complexity index is 112. The molecule has 0 aliphatic rings. The second-order valence-corrected chi connectivity index (χ2v) is 1.81. The number of aliphatic carboxylic acids is 1. The number of hydrogen-bond donors (Lipinski definition) is 2. The van der Waals surface area contributed by atoms with Crippen LogP contribution in [0.15, 0.2) is 11.6 Å². The molecule has 2 N–H and O–H groups in total. The van der Waals surface area contributed by atoms with E-state index in [1.807, 2.05) is 19.9 Å². The van der Waals surface area contributed by atoms with Gasteiger partial charge in [-0.3, -0.25) is 4.79 Å². The molecule has 0 amide bonds. The standard InChI is InChI=1S/C5H10O.C2H4O2/c1-3-5(2)4-6;1-2(3)4/h3,6H,4H2,1-2H3;1H3,(H,3,4). The molecule has 0 saturated heterocycles. The summed E-state index contributed by atoms with van der Waals surface area (Å²) in [4.78, 5) is 9.00. The number of carboxylic acids is 1. The third kappa shape index (κ3) is 27.2. The lowest BCUT2D eigenvalue weighted by atomic mass is 10.3. The van der Waals surface area contributed by atoms with Crippen LogP contribution < -0.4 is 0 Å². The first-order valence-electron chi connectivity index (χ1n) is 2.96. The third-order valence-corrected chi connectivity index (χ3v) is 0.742. The van der Waals surface area contributed by atoms with Crippen molar-refractivity contribution in [3.8, 4) is 0 Å². The van der Waals surface area contributed by atoms with Crippen molar-refractivity contribution in [2.24, 2.45) is 0 Å². The molecule has 0 saturated carbocycles. The lowest BCUT2D eigenvalue weighted by Gasteiger charge is -1.84. The number of rotatable bonds is 1. The average molecular weight is 146 g/mol. The number of carbonyl (C=O) groups is 1. The molecule has 0 heterocycles. The molecule has 0 fully saturated rings. The molecule has 0 aliphatic carbocycles. The van der Waals surface area contributed by atoms with Crippen LogP contribution in [0.4, 0.5) is 0 Å². The van der Waals surface area contributed by atoms with Crippen molar-refractivity contribution in [1.82, 2.24) is 0 Å². The van der Waals surface area contributed by atoms with Gasteiger partial charge >= 0.3 is 0 Å². The molecule has 10 heavy (non-hydrogen) atoms. The predicted molar refractivity (Wildman–Crippen MR) is 39.8 cm³/mol. The molecular weight excluding hydrogens is 132 g/mol. The highest BCUT2D eigenvalue weighted by molar-refractivity contribution is 5.62. The van der Waals surface area contributed by atoms with E-state index in [0.29, 0.717) is 0 Å². The average Bonchev–Trinajstić information content (AvgIpc) is 1.85. The van der Waals surface area contributed by atoms with Crippen LogP contribution in [0.3, 0.4) is 0 Å². The Labute approximate surface area is 61.0 Å². The molecular formula is C7H14O3. The van der Waals surface area contributed by atoms with Crippen LogP contribution in [0.1, 0.15) is 20.8 Å². The molecule has 3 heteroatoms. The molecule has 0 atom stereocenters. The number of allylic oxidation sites excluding steroid dienone is 1.